The van der Waals surface area contributed by atoms with Gasteiger partial charge < -0.3 is 10.3 Å². The number of unbranched alkanes of at least 4 members (excludes halogenated alkanes) is 1. The summed E-state index contributed by atoms with van der Waals surface area (Å²) in [5, 5.41) is 1.92. The Morgan fingerprint density at radius 1 is 1.21 bits per heavy atom. The number of nitrogens with zero attached hydrogens (tertiary/aromatic N) is 1. The zero-order valence-electron chi connectivity index (χ0n) is 16.1. The molecule has 3 aromatic carbocycles. The lowest BCUT2D eigenvalue weighted by molar-refractivity contribution is 0.100. The molecule has 4 rings (SSSR count). The first-order valence-corrected chi connectivity index (χ1v) is 10.1. The molecular formula is C24H21ClFN2O. The van der Waals surface area contributed by atoms with Crippen LogP contribution in [0, 0.1) is 11.9 Å². The first-order valence-electron chi connectivity index (χ1n) is 9.69. The van der Waals surface area contributed by atoms with Crippen molar-refractivity contribution in [2.24, 2.45) is 5.73 Å². The molecule has 0 aliphatic rings. The highest BCUT2D eigenvalue weighted by Gasteiger charge is 2.18. The fraction of sp³-hybridized carbons (Fsp3) is 0.208. The molecule has 2 N–H and O–H groups in total. The second kappa shape index (κ2) is 7.88. The number of hydrogen-bond acceptors (Lipinski definition) is 1. The van der Waals surface area contributed by atoms with Crippen LogP contribution in [0.3, 0.4) is 0 Å². The number of amides is 1. The van der Waals surface area contributed by atoms with Gasteiger partial charge in [-0.2, -0.15) is 0 Å². The van der Waals surface area contributed by atoms with Crippen LogP contribution < -0.4 is 5.73 Å². The van der Waals surface area contributed by atoms with Gasteiger partial charge in [-0.15, -0.1) is 0 Å². The summed E-state index contributed by atoms with van der Waals surface area (Å²) in [5.41, 5.74) is 9.33. The van der Waals surface area contributed by atoms with Crippen molar-refractivity contribution in [1.82, 2.24) is 4.57 Å². The number of fused-ring (bicyclic) bond motifs is 3. The van der Waals surface area contributed by atoms with Crippen LogP contribution in [0.25, 0.3) is 21.8 Å². The molecule has 1 heterocycles. The second-order valence-electron chi connectivity index (χ2n) is 7.22. The Labute approximate surface area is 173 Å². The Morgan fingerprint density at radius 3 is 2.72 bits per heavy atom. The minimum atomic E-state index is -0.498. The molecule has 4 aromatic rings. The Hall–Kier alpha value is -2.85. The number of nitrogens with two attached hydrogens (primary N) is 1. The number of carbonyl (C=O) groups excluding carboxylic acids is 1. The second-order valence-corrected chi connectivity index (χ2v) is 7.63. The molecule has 0 atom stereocenters. The standard InChI is InChI=1S/C24H21ClFN2O/c1-2-3-6-15-11-12-16-22(13-15)28(14-18-19(25)8-5-9-20(18)26)21-10-4-7-17(23(16)21)24(27)29/h4-5,7-11,13H,2-3,6,14H2,1H3,(H2,27,29). The number of aromatic nitrogens is 1. The van der Waals surface area contributed by atoms with Crippen molar-refractivity contribution in [3.8, 4) is 0 Å². The van der Waals surface area contributed by atoms with Crippen LogP contribution in [0.15, 0.2) is 48.5 Å². The summed E-state index contributed by atoms with van der Waals surface area (Å²) < 4.78 is 16.5. The first-order chi connectivity index (χ1) is 14.0. The number of benzene rings is 3. The van der Waals surface area contributed by atoms with Crippen molar-refractivity contribution >= 4 is 39.3 Å². The van der Waals surface area contributed by atoms with Crippen LogP contribution in [0.1, 0.15) is 41.3 Å². The molecule has 147 valence electrons. The molecule has 0 aliphatic heterocycles. The van der Waals surface area contributed by atoms with Crippen LogP contribution >= 0.6 is 11.6 Å². The van der Waals surface area contributed by atoms with E-state index in [2.05, 4.69) is 19.1 Å². The monoisotopic (exact) mass is 407 g/mol. The SMILES string of the molecule is CCCCc1c[c]c2c3c(C(N)=O)cccc3n(Cc3c(F)cccc3Cl)c2c1. The summed E-state index contributed by atoms with van der Waals surface area (Å²) >= 11 is 6.30. The Morgan fingerprint density at radius 2 is 2.00 bits per heavy atom. The van der Waals surface area contributed by atoms with E-state index in [0.29, 0.717) is 16.1 Å². The van der Waals surface area contributed by atoms with E-state index in [-0.39, 0.29) is 12.4 Å². The van der Waals surface area contributed by atoms with Gasteiger partial charge in [0.2, 0.25) is 5.91 Å². The molecule has 0 aliphatic carbocycles. The van der Waals surface area contributed by atoms with Gasteiger partial charge in [-0.1, -0.05) is 43.1 Å². The molecule has 5 heteroatoms. The molecule has 0 bridgehead atoms. The van der Waals surface area contributed by atoms with E-state index in [1.54, 1.807) is 24.3 Å². The van der Waals surface area contributed by atoms with Crippen LogP contribution in [-0.4, -0.2) is 10.5 Å². The van der Waals surface area contributed by atoms with Gasteiger partial charge in [-0.05, 0) is 54.8 Å². The third-order valence-corrected chi connectivity index (χ3v) is 5.67. The number of halogens is 2. The maximum Gasteiger partial charge on any atom is 0.249 e. The fourth-order valence-corrected chi connectivity index (χ4v) is 4.06. The number of rotatable bonds is 6. The van der Waals surface area contributed by atoms with E-state index in [0.717, 1.165) is 46.6 Å². The Bertz CT molecular complexity index is 1210. The lowest BCUT2D eigenvalue weighted by Crippen LogP contribution is -2.11. The van der Waals surface area contributed by atoms with Crippen LogP contribution in [0.4, 0.5) is 4.39 Å². The highest BCUT2D eigenvalue weighted by Crippen LogP contribution is 2.34. The van der Waals surface area contributed by atoms with Gasteiger partial charge in [0.25, 0.3) is 0 Å². The van der Waals surface area contributed by atoms with E-state index >= 15 is 0 Å². The van der Waals surface area contributed by atoms with Crippen molar-refractivity contribution < 1.29 is 9.18 Å². The van der Waals surface area contributed by atoms with E-state index < -0.39 is 5.91 Å². The normalized spacial score (nSPS) is 11.4. The summed E-state index contributed by atoms with van der Waals surface area (Å²) in [6.07, 6.45) is 3.11. The molecule has 0 saturated carbocycles. The minimum absolute atomic E-state index is 0.249. The van der Waals surface area contributed by atoms with Gasteiger partial charge in [-0.25, -0.2) is 4.39 Å². The number of aryl methyl sites for hydroxylation is 1. The average molecular weight is 408 g/mol. The van der Waals surface area contributed by atoms with Crippen molar-refractivity contribution in [1.29, 1.82) is 0 Å². The maximum atomic E-state index is 14.5. The van der Waals surface area contributed by atoms with Crippen molar-refractivity contribution in [3.05, 3.63) is 82.1 Å². The molecule has 0 saturated heterocycles. The topological polar surface area (TPSA) is 48.0 Å². The maximum absolute atomic E-state index is 14.5. The van der Waals surface area contributed by atoms with E-state index in [4.69, 9.17) is 17.3 Å². The quantitative estimate of drug-likeness (QED) is 0.426. The van der Waals surface area contributed by atoms with Crippen molar-refractivity contribution in [3.63, 3.8) is 0 Å². The first kappa shape index (κ1) is 19.5. The van der Waals surface area contributed by atoms with E-state index in [1.807, 2.05) is 16.7 Å². The zero-order chi connectivity index (χ0) is 20.5. The summed E-state index contributed by atoms with van der Waals surface area (Å²) in [6.45, 7) is 2.40. The van der Waals surface area contributed by atoms with Crippen molar-refractivity contribution in [2.45, 2.75) is 32.7 Å². The third-order valence-electron chi connectivity index (χ3n) is 5.32. The van der Waals surface area contributed by atoms with Crippen LogP contribution in [0.2, 0.25) is 5.02 Å². The van der Waals surface area contributed by atoms with Gasteiger partial charge in [0.1, 0.15) is 5.82 Å². The number of primary amides is 1. The zero-order valence-corrected chi connectivity index (χ0v) is 16.9. The van der Waals surface area contributed by atoms with Gasteiger partial charge in [0.05, 0.1) is 17.6 Å². The molecule has 3 nitrogen and oxygen atoms in total. The predicted octanol–water partition coefficient (Wildman–Crippen LogP) is 5.88. The predicted molar refractivity (Wildman–Crippen MR) is 116 cm³/mol. The summed E-state index contributed by atoms with van der Waals surface area (Å²) in [6, 6.07) is 17.5. The summed E-state index contributed by atoms with van der Waals surface area (Å²) in [4.78, 5) is 12.1. The average Bonchev–Trinajstić information content (AvgIpc) is 3.02. The number of hydrogen-bond donors (Lipinski definition) is 1. The van der Waals surface area contributed by atoms with Gasteiger partial charge in [-0.3, -0.25) is 4.79 Å². The fourth-order valence-electron chi connectivity index (χ4n) is 3.84. The highest BCUT2D eigenvalue weighted by molar-refractivity contribution is 6.31. The van der Waals surface area contributed by atoms with Crippen molar-refractivity contribution in [2.75, 3.05) is 0 Å². The minimum Gasteiger partial charge on any atom is -0.366 e. The van der Waals surface area contributed by atoms with Gasteiger partial charge >= 0.3 is 0 Å². The van der Waals surface area contributed by atoms with Gasteiger partial charge in [0.15, 0.2) is 0 Å². The van der Waals surface area contributed by atoms with Crippen LogP contribution in [0.5, 0.6) is 0 Å². The molecule has 0 spiro atoms. The lowest BCUT2D eigenvalue weighted by Gasteiger charge is -2.11. The molecule has 1 amide bonds. The molecule has 1 aromatic heterocycles. The van der Waals surface area contributed by atoms with Gasteiger partial charge in [0, 0.05) is 26.9 Å². The van der Waals surface area contributed by atoms with E-state index in [1.165, 1.54) is 6.07 Å². The Kier molecular flexibility index (Phi) is 5.29. The smallest absolute Gasteiger partial charge is 0.249 e. The molecule has 29 heavy (non-hydrogen) atoms. The van der Waals surface area contributed by atoms with E-state index in [9.17, 15) is 9.18 Å². The van der Waals surface area contributed by atoms with Crippen LogP contribution in [-0.2, 0) is 13.0 Å². The summed E-state index contributed by atoms with van der Waals surface area (Å²) in [5.74, 6) is -0.855. The molecule has 0 fully saturated rings. The molecule has 1 radical (unpaired) electrons. The third kappa shape index (κ3) is 3.49. The summed E-state index contributed by atoms with van der Waals surface area (Å²) in [7, 11) is 0. The Balaban J connectivity index is 2.01. The highest BCUT2D eigenvalue weighted by atomic mass is 35.5. The lowest BCUT2D eigenvalue weighted by atomic mass is 10.0. The molecule has 0 unspecified atom stereocenters. The number of carbonyl (C=O) groups is 1. The largest absolute Gasteiger partial charge is 0.366 e. The molecular weight excluding hydrogens is 387 g/mol.